The van der Waals surface area contributed by atoms with Gasteiger partial charge < -0.3 is 5.32 Å². The maximum Gasteiger partial charge on any atom is 0.304 e. The first kappa shape index (κ1) is 14.6. The molecule has 0 bridgehead atoms. The molecule has 0 spiro atoms. The molecule has 0 aliphatic heterocycles. The molecule has 0 atom stereocenters. The Hall–Kier alpha value is -1.79. The van der Waals surface area contributed by atoms with Crippen LogP contribution in [0.2, 0.25) is 0 Å². The zero-order valence-electron chi connectivity index (χ0n) is 11.1. The molecule has 2 rings (SSSR count). The smallest absolute Gasteiger partial charge is 0.304 e. The van der Waals surface area contributed by atoms with Crippen LogP contribution in [0.5, 0.6) is 0 Å². The summed E-state index contributed by atoms with van der Waals surface area (Å²) in [5.41, 5.74) is 0.208. The van der Waals surface area contributed by atoms with Crippen molar-refractivity contribution < 1.29 is 9.31 Å². The summed E-state index contributed by atoms with van der Waals surface area (Å²) in [4.78, 5) is 12.4. The fourth-order valence-corrected chi connectivity index (χ4v) is 2.77. The molecular weight excluding hydrogens is 279 g/mol. The molecule has 1 aromatic heterocycles. The zero-order chi connectivity index (χ0) is 14.5. The van der Waals surface area contributed by atoms with E-state index in [1.54, 1.807) is 17.4 Å². The van der Waals surface area contributed by atoms with Gasteiger partial charge in [0.1, 0.15) is 0 Å². The van der Waals surface area contributed by atoms with Gasteiger partial charge in [-0.15, -0.1) is 11.3 Å². The maximum atomic E-state index is 13.4. The van der Waals surface area contributed by atoms with E-state index in [0.29, 0.717) is 18.7 Å². The average molecular weight is 294 g/mol. The summed E-state index contributed by atoms with van der Waals surface area (Å²) < 4.78 is 13.4. The van der Waals surface area contributed by atoms with Gasteiger partial charge in [-0.05, 0) is 30.2 Å². The van der Waals surface area contributed by atoms with Crippen LogP contribution in [0.1, 0.15) is 22.2 Å². The maximum absolute atomic E-state index is 13.4. The summed E-state index contributed by atoms with van der Waals surface area (Å²) in [6.45, 7) is 3.31. The molecule has 0 unspecified atom stereocenters. The topological polar surface area (TPSA) is 55.2 Å². The van der Waals surface area contributed by atoms with E-state index in [9.17, 15) is 14.5 Å². The molecule has 6 heteroatoms. The first-order valence-electron chi connectivity index (χ1n) is 6.31. The molecule has 0 amide bonds. The number of halogens is 1. The van der Waals surface area contributed by atoms with Crippen molar-refractivity contribution in [1.29, 1.82) is 0 Å². The standard InChI is InChI=1S/C14H15FN2O2S/c1-2-11-4-5-12(20-11)9-16-8-10-3-6-14(17(18)19)13(15)7-10/h3-7,16H,2,8-9H2,1H3. The van der Waals surface area contributed by atoms with Crippen molar-refractivity contribution in [3.8, 4) is 0 Å². The zero-order valence-corrected chi connectivity index (χ0v) is 11.9. The van der Waals surface area contributed by atoms with Gasteiger partial charge in [-0.25, -0.2) is 0 Å². The number of nitro benzene ring substituents is 1. The molecule has 4 nitrogen and oxygen atoms in total. The van der Waals surface area contributed by atoms with Crippen LogP contribution in [0.3, 0.4) is 0 Å². The molecule has 2 aromatic rings. The van der Waals surface area contributed by atoms with E-state index in [0.717, 1.165) is 6.42 Å². The Bertz CT molecular complexity index is 613. The van der Waals surface area contributed by atoms with E-state index in [4.69, 9.17) is 0 Å². The number of benzene rings is 1. The Morgan fingerprint density at radius 1 is 1.25 bits per heavy atom. The minimum absolute atomic E-state index is 0.480. The lowest BCUT2D eigenvalue weighted by molar-refractivity contribution is -0.387. The number of aryl methyl sites for hydroxylation is 1. The molecule has 0 fully saturated rings. The first-order valence-corrected chi connectivity index (χ1v) is 7.13. The minimum atomic E-state index is -0.793. The Balaban J connectivity index is 1.91. The van der Waals surface area contributed by atoms with E-state index in [1.165, 1.54) is 21.9 Å². The van der Waals surface area contributed by atoms with E-state index in [-0.39, 0.29) is 0 Å². The SMILES string of the molecule is CCc1ccc(CNCc2ccc([N+](=O)[O-])c(F)c2)s1. The first-order chi connectivity index (χ1) is 9.60. The van der Waals surface area contributed by atoms with Crippen LogP contribution in [0.15, 0.2) is 30.3 Å². The van der Waals surface area contributed by atoms with Crippen LogP contribution < -0.4 is 5.32 Å². The summed E-state index contributed by atoms with van der Waals surface area (Å²) >= 11 is 1.75. The average Bonchev–Trinajstić information content (AvgIpc) is 2.86. The van der Waals surface area contributed by atoms with Crippen molar-refractivity contribution in [1.82, 2.24) is 5.32 Å². The van der Waals surface area contributed by atoms with Crippen molar-refractivity contribution in [2.24, 2.45) is 0 Å². The monoisotopic (exact) mass is 294 g/mol. The Kier molecular flexibility index (Phi) is 4.81. The summed E-state index contributed by atoms with van der Waals surface area (Å²) in [6.07, 6.45) is 1.03. The van der Waals surface area contributed by atoms with Gasteiger partial charge in [0.2, 0.25) is 5.82 Å². The van der Waals surface area contributed by atoms with Crippen molar-refractivity contribution in [3.63, 3.8) is 0 Å². The van der Waals surface area contributed by atoms with Gasteiger partial charge in [0.05, 0.1) is 4.92 Å². The lowest BCUT2D eigenvalue weighted by Gasteiger charge is -2.04. The molecule has 106 valence electrons. The largest absolute Gasteiger partial charge is 0.308 e. The summed E-state index contributed by atoms with van der Waals surface area (Å²) in [5, 5.41) is 13.7. The van der Waals surface area contributed by atoms with E-state index in [2.05, 4.69) is 24.4 Å². The van der Waals surface area contributed by atoms with Gasteiger partial charge in [0, 0.05) is 28.9 Å². The lowest BCUT2D eigenvalue weighted by atomic mass is 10.2. The minimum Gasteiger partial charge on any atom is -0.308 e. The van der Waals surface area contributed by atoms with Gasteiger partial charge in [0.15, 0.2) is 0 Å². The highest BCUT2D eigenvalue weighted by Crippen LogP contribution is 2.19. The lowest BCUT2D eigenvalue weighted by Crippen LogP contribution is -2.12. The molecule has 0 saturated heterocycles. The van der Waals surface area contributed by atoms with Crippen LogP contribution in [0.25, 0.3) is 0 Å². The van der Waals surface area contributed by atoms with Crippen molar-refractivity contribution in [2.75, 3.05) is 0 Å². The Labute approximate surface area is 120 Å². The fraction of sp³-hybridized carbons (Fsp3) is 0.286. The van der Waals surface area contributed by atoms with E-state index < -0.39 is 16.4 Å². The normalized spacial score (nSPS) is 10.7. The van der Waals surface area contributed by atoms with Crippen molar-refractivity contribution >= 4 is 17.0 Å². The highest BCUT2D eigenvalue weighted by atomic mass is 32.1. The molecule has 1 N–H and O–H groups in total. The number of nitrogens with zero attached hydrogens (tertiary/aromatic N) is 1. The third kappa shape index (κ3) is 3.61. The quantitative estimate of drug-likeness (QED) is 0.653. The second-order valence-electron chi connectivity index (χ2n) is 4.37. The summed E-state index contributed by atoms with van der Waals surface area (Å²) in [6, 6.07) is 8.16. The highest BCUT2D eigenvalue weighted by molar-refractivity contribution is 7.11. The number of thiophene rings is 1. The van der Waals surface area contributed by atoms with Crippen LogP contribution in [0.4, 0.5) is 10.1 Å². The molecule has 1 aromatic carbocycles. The predicted octanol–water partition coefficient (Wildman–Crippen LogP) is 3.65. The van der Waals surface area contributed by atoms with Gasteiger partial charge in [-0.3, -0.25) is 10.1 Å². The fourth-order valence-electron chi connectivity index (χ4n) is 1.85. The molecule has 1 heterocycles. The Morgan fingerprint density at radius 3 is 2.60 bits per heavy atom. The van der Waals surface area contributed by atoms with Gasteiger partial charge in [0.25, 0.3) is 0 Å². The van der Waals surface area contributed by atoms with Crippen molar-refractivity contribution in [3.05, 3.63) is 61.6 Å². The summed E-state index contributed by atoms with van der Waals surface area (Å²) in [7, 11) is 0. The predicted molar refractivity (Wildman–Crippen MR) is 77.3 cm³/mol. The Morgan fingerprint density at radius 2 is 2.00 bits per heavy atom. The third-order valence-electron chi connectivity index (χ3n) is 2.90. The van der Waals surface area contributed by atoms with E-state index >= 15 is 0 Å². The van der Waals surface area contributed by atoms with Crippen LogP contribution >= 0.6 is 11.3 Å². The van der Waals surface area contributed by atoms with Crippen molar-refractivity contribution in [2.45, 2.75) is 26.4 Å². The molecule has 20 heavy (non-hydrogen) atoms. The van der Waals surface area contributed by atoms with E-state index in [1.807, 2.05) is 0 Å². The molecule has 0 aliphatic carbocycles. The third-order valence-corrected chi connectivity index (χ3v) is 4.13. The van der Waals surface area contributed by atoms with Gasteiger partial charge >= 0.3 is 5.69 Å². The second kappa shape index (κ2) is 6.58. The number of nitro groups is 1. The van der Waals surface area contributed by atoms with Gasteiger partial charge in [-0.2, -0.15) is 4.39 Å². The molecule has 0 saturated carbocycles. The second-order valence-corrected chi connectivity index (χ2v) is 5.62. The number of hydrogen-bond donors (Lipinski definition) is 1. The molecule has 0 radical (unpaired) electrons. The van der Waals surface area contributed by atoms with Crippen LogP contribution in [-0.4, -0.2) is 4.92 Å². The number of rotatable bonds is 6. The van der Waals surface area contributed by atoms with Gasteiger partial charge in [-0.1, -0.05) is 13.0 Å². The molecular formula is C14H15FN2O2S. The van der Waals surface area contributed by atoms with Crippen LogP contribution in [-0.2, 0) is 19.5 Å². The summed E-state index contributed by atoms with van der Waals surface area (Å²) in [5.74, 6) is -0.793. The highest BCUT2D eigenvalue weighted by Gasteiger charge is 2.13. The van der Waals surface area contributed by atoms with Crippen LogP contribution in [0, 0.1) is 15.9 Å². The number of nitrogens with one attached hydrogen (secondary N) is 1. The molecule has 0 aliphatic rings. The number of hydrogen-bond acceptors (Lipinski definition) is 4.